The Morgan fingerprint density at radius 3 is 2.46 bits per heavy atom. The zero-order valence-corrected chi connectivity index (χ0v) is 14.8. The molecule has 24 heavy (non-hydrogen) atoms. The molecule has 1 aliphatic rings. The van der Waals surface area contributed by atoms with Crippen LogP contribution in [-0.2, 0) is 16.4 Å². The third-order valence-electron chi connectivity index (χ3n) is 4.46. The minimum absolute atomic E-state index is 0.0877. The Morgan fingerprint density at radius 2 is 1.75 bits per heavy atom. The van der Waals surface area contributed by atoms with Gasteiger partial charge in [-0.3, -0.25) is 4.72 Å². The van der Waals surface area contributed by atoms with Crippen LogP contribution in [0.4, 0.5) is 11.4 Å². The average molecular weight is 344 g/mol. The van der Waals surface area contributed by atoms with Gasteiger partial charge in [0.05, 0.1) is 11.4 Å². The fourth-order valence-electron chi connectivity index (χ4n) is 3.01. The second-order valence-electron chi connectivity index (χ2n) is 6.35. The van der Waals surface area contributed by atoms with Crippen LogP contribution in [0.15, 0.2) is 48.5 Å². The number of benzene rings is 2. The third-order valence-corrected chi connectivity index (χ3v) is 5.73. The maximum atomic E-state index is 12.4. The van der Waals surface area contributed by atoms with Crippen LogP contribution in [0.3, 0.4) is 0 Å². The zero-order valence-electron chi connectivity index (χ0n) is 14.0. The summed E-state index contributed by atoms with van der Waals surface area (Å²) >= 11 is 0. The first kappa shape index (κ1) is 16.8. The van der Waals surface area contributed by atoms with Gasteiger partial charge in [0.2, 0.25) is 10.0 Å². The van der Waals surface area contributed by atoms with Crippen molar-refractivity contribution in [2.45, 2.75) is 26.2 Å². The molecular weight excluding hydrogens is 320 g/mol. The number of rotatable bonds is 6. The molecule has 0 radical (unpaired) electrons. The van der Waals surface area contributed by atoms with E-state index in [-0.39, 0.29) is 5.75 Å². The maximum Gasteiger partial charge on any atom is 0.233 e. The van der Waals surface area contributed by atoms with Gasteiger partial charge in [-0.05, 0) is 49.4 Å². The molecule has 5 heteroatoms. The lowest BCUT2D eigenvalue weighted by atomic mass is 10.2. The van der Waals surface area contributed by atoms with Gasteiger partial charge in [0.25, 0.3) is 0 Å². The molecular formula is C19H24N2O2S. The highest BCUT2D eigenvalue weighted by atomic mass is 32.2. The first-order valence-corrected chi connectivity index (χ1v) is 10.1. The monoisotopic (exact) mass is 344 g/mol. The zero-order chi connectivity index (χ0) is 17.0. The largest absolute Gasteiger partial charge is 0.371 e. The van der Waals surface area contributed by atoms with Crippen molar-refractivity contribution in [1.82, 2.24) is 0 Å². The Balaban J connectivity index is 1.70. The number of anilines is 2. The molecule has 0 saturated carbocycles. The summed E-state index contributed by atoms with van der Waals surface area (Å²) < 4.78 is 27.6. The molecule has 1 fully saturated rings. The Hall–Kier alpha value is -2.01. The van der Waals surface area contributed by atoms with Crippen LogP contribution in [0.25, 0.3) is 0 Å². The van der Waals surface area contributed by atoms with E-state index in [9.17, 15) is 8.42 Å². The maximum absolute atomic E-state index is 12.4. The van der Waals surface area contributed by atoms with Gasteiger partial charge in [0.1, 0.15) is 0 Å². The van der Waals surface area contributed by atoms with E-state index in [4.69, 9.17) is 0 Å². The van der Waals surface area contributed by atoms with Crippen LogP contribution in [0, 0.1) is 6.92 Å². The van der Waals surface area contributed by atoms with Crippen molar-refractivity contribution in [2.75, 3.05) is 28.5 Å². The fourth-order valence-corrected chi connectivity index (χ4v) is 4.17. The Labute approximate surface area is 144 Å². The highest BCUT2D eigenvalue weighted by molar-refractivity contribution is 7.92. The molecule has 4 nitrogen and oxygen atoms in total. The molecule has 1 aliphatic heterocycles. The van der Waals surface area contributed by atoms with Crippen molar-refractivity contribution in [3.05, 3.63) is 59.7 Å². The highest BCUT2D eigenvalue weighted by Gasteiger charge is 2.16. The van der Waals surface area contributed by atoms with E-state index in [1.165, 1.54) is 12.8 Å². The molecule has 0 amide bonds. The second-order valence-corrected chi connectivity index (χ2v) is 8.19. The molecule has 1 N–H and O–H groups in total. The Morgan fingerprint density at radius 1 is 1.04 bits per heavy atom. The summed E-state index contributed by atoms with van der Waals surface area (Å²) in [6, 6.07) is 15.7. The topological polar surface area (TPSA) is 49.4 Å². The molecule has 0 aromatic heterocycles. The van der Waals surface area contributed by atoms with E-state index >= 15 is 0 Å². The van der Waals surface area contributed by atoms with Gasteiger partial charge in [-0.15, -0.1) is 0 Å². The van der Waals surface area contributed by atoms with E-state index in [0.717, 1.165) is 29.9 Å². The summed E-state index contributed by atoms with van der Waals surface area (Å²) in [6.07, 6.45) is 2.92. The number of hydrogen-bond donors (Lipinski definition) is 1. The highest BCUT2D eigenvalue weighted by Crippen LogP contribution is 2.26. The van der Waals surface area contributed by atoms with Crippen LogP contribution in [0.1, 0.15) is 24.0 Å². The standard InChI is InChI=1S/C19H24N2O2S/c1-16-9-10-18(21-12-5-6-13-21)15-19(16)20-24(22,23)14-11-17-7-3-2-4-8-17/h2-4,7-10,15,20H,5-6,11-14H2,1H3. The molecule has 0 aliphatic carbocycles. The van der Waals surface area contributed by atoms with Crippen molar-refractivity contribution in [3.8, 4) is 0 Å². The predicted octanol–water partition coefficient (Wildman–Crippen LogP) is 3.58. The first-order chi connectivity index (χ1) is 11.5. The summed E-state index contributed by atoms with van der Waals surface area (Å²) in [5, 5.41) is 0. The van der Waals surface area contributed by atoms with Crippen LogP contribution in [-0.4, -0.2) is 27.3 Å². The molecule has 2 aromatic rings. The lowest BCUT2D eigenvalue weighted by Gasteiger charge is -2.20. The van der Waals surface area contributed by atoms with Gasteiger partial charge in [0.15, 0.2) is 0 Å². The molecule has 0 atom stereocenters. The van der Waals surface area contributed by atoms with Gasteiger partial charge >= 0.3 is 0 Å². The van der Waals surface area contributed by atoms with E-state index in [0.29, 0.717) is 12.1 Å². The predicted molar refractivity (Wildman–Crippen MR) is 100 cm³/mol. The van der Waals surface area contributed by atoms with Crippen molar-refractivity contribution in [1.29, 1.82) is 0 Å². The van der Waals surface area contributed by atoms with Crippen molar-refractivity contribution in [3.63, 3.8) is 0 Å². The van der Waals surface area contributed by atoms with Gasteiger partial charge in [0, 0.05) is 18.8 Å². The molecule has 1 saturated heterocycles. The van der Waals surface area contributed by atoms with E-state index in [1.54, 1.807) is 0 Å². The van der Waals surface area contributed by atoms with E-state index in [2.05, 4.69) is 15.7 Å². The number of nitrogens with one attached hydrogen (secondary N) is 1. The fraction of sp³-hybridized carbons (Fsp3) is 0.368. The normalized spacial score (nSPS) is 14.8. The minimum Gasteiger partial charge on any atom is -0.371 e. The minimum atomic E-state index is -3.36. The van der Waals surface area contributed by atoms with Crippen LogP contribution in [0.5, 0.6) is 0 Å². The molecule has 0 spiro atoms. The molecule has 0 unspecified atom stereocenters. The lowest BCUT2D eigenvalue weighted by Crippen LogP contribution is -2.20. The second kappa shape index (κ2) is 7.26. The summed E-state index contributed by atoms with van der Waals surface area (Å²) in [7, 11) is -3.36. The van der Waals surface area contributed by atoms with Crippen LogP contribution in [0.2, 0.25) is 0 Å². The van der Waals surface area contributed by atoms with Crippen LogP contribution >= 0.6 is 0 Å². The molecule has 0 bridgehead atoms. The Kier molecular flexibility index (Phi) is 5.09. The smallest absolute Gasteiger partial charge is 0.233 e. The Bertz CT molecular complexity index is 782. The van der Waals surface area contributed by atoms with Crippen LogP contribution < -0.4 is 9.62 Å². The lowest BCUT2D eigenvalue weighted by molar-refractivity contribution is 0.600. The first-order valence-electron chi connectivity index (χ1n) is 8.43. The van der Waals surface area contributed by atoms with Gasteiger partial charge in [-0.2, -0.15) is 0 Å². The summed E-state index contributed by atoms with van der Waals surface area (Å²) in [6.45, 7) is 4.02. The van der Waals surface area contributed by atoms with Crippen molar-refractivity contribution < 1.29 is 8.42 Å². The van der Waals surface area contributed by atoms with Gasteiger partial charge in [-0.1, -0.05) is 36.4 Å². The summed E-state index contributed by atoms with van der Waals surface area (Å²) in [5.74, 6) is 0.0877. The molecule has 3 rings (SSSR count). The van der Waals surface area contributed by atoms with E-state index < -0.39 is 10.0 Å². The number of hydrogen-bond acceptors (Lipinski definition) is 3. The van der Waals surface area contributed by atoms with Gasteiger partial charge in [-0.25, -0.2) is 8.42 Å². The molecule has 128 valence electrons. The molecule has 1 heterocycles. The summed E-state index contributed by atoms with van der Waals surface area (Å²) in [4.78, 5) is 2.31. The summed E-state index contributed by atoms with van der Waals surface area (Å²) in [5.41, 5.74) is 3.76. The third kappa shape index (κ3) is 4.29. The quantitative estimate of drug-likeness (QED) is 0.871. The number of aryl methyl sites for hydroxylation is 2. The van der Waals surface area contributed by atoms with E-state index in [1.807, 2.05) is 49.4 Å². The number of nitrogens with zero attached hydrogens (tertiary/aromatic N) is 1. The average Bonchev–Trinajstić information content (AvgIpc) is 3.10. The van der Waals surface area contributed by atoms with Crippen molar-refractivity contribution >= 4 is 21.4 Å². The van der Waals surface area contributed by atoms with Crippen molar-refractivity contribution in [2.24, 2.45) is 0 Å². The SMILES string of the molecule is Cc1ccc(N2CCCC2)cc1NS(=O)(=O)CCc1ccccc1. The number of sulfonamides is 1. The molecule has 2 aromatic carbocycles. The van der Waals surface area contributed by atoms with Gasteiger partial charge < -0.3 is 4.90 Å².